The van der Waals surface area contributed by atoms with E-state index in [0.717, 1.165) is 28.4 Å². The van der Waals surface area contributed by atoms with E-state index in [1.807, 2.05) is 48.5 Å². The lowest BCUT2D eigenvalue weighted by atomic mass is 9.38. The Morgan fingerprint density at radius 3 is 2.09 bits per heavy atom. The van der Waals surface area contributed by atoms with Crippen molar-refractivity contribution >= 4 is 23.1 Å². The fourth-order valence-corrected chi connectivity index (χ4v) is 7.36. The van der Waals surface area contributed by atoms with Crippen molar-refractivity contribution in [2.45, 2.75) is 93.4 Å². The maximum atomic E-state index is 15.2. The van der Waals surface area contributed by atoms with Crippen LogP contribution in [0.5, 0.6) is 11.5 Å². The highest BCUT2D eigenvalue weighted by Gasteiger charge is 2.74. The lowest BCUT2D eigenvalue weighted by molar-refractivity contribution is -0.179. The molecule has 6 heteroatoms. The number of fused-ring (bicyclic) bond motifs is 2. The normalized spacial score (nSPS) is 26.2. The molecule has 238 valence electrons. The highest BCUT2D eigenvalue weighted by Crippen LogP contribution is 2.66. The van der Waals surface area contributed by atoms with Crippen molar-refractivity contribution in [2.75, 3.05) is 0 Å². The van der Waals surface area contributed by atoms with E-state index in [0.29, 0.717) is 25.7 Å². The first-order valence-electron chi connectivity index (χ1n) is 15.5. The summed E-state index contributed by atoms with van der Waals surface area (Å²) in [4.78, 5) is 44.9. The summed E-state index contributed by atoms with van der Waals surface area (Å²) >= 11 is 0. The number of aliphatic hydroxyl groups is 1. The number of hydrogen-bond donors (Lipinski definition) is 3. The van der Waals surface area contributed by atoms with Gasteiger partial charge < -0.3 is 15.3 Å². The first kappa shape index (κ1) is 34.8. The Labute approximate surface area is 263 Å². The molecule has 2 bridgehead atoms. The van der Waals surface area contributed by atoms with Gasteiger partial charge in [0.05, 0.1) is 10.8 Å². The lowest BCUT2D eigenvalue weighted by Crippen LogP contribution is -2.70. The van der Waals surface area contributed by atoms with Crippen LogP contribution in [0.2, 0.25) is 0 Å². The number of benzene rings is 1. The molecule has 0 heterocycles. The second kappa shape index (κ2) is 12.7. The molecule has 0 aliphatic heterocycles. The molecule has 2 saturated carbocycles. The summed E-state index contributed by atoms with van der Waals surface area (Å²) < 4.78 is 0. The molecule has 3 N–H and O–H groups in total. The summed E-state index contributed by atoms with van der Waals surface area (Å²) in [5.74, 6) is -3.61. The van der Waals surface area contributed by atoms with Gasteiger partial charge in [0.1, 0.15) is 11.3 Å². The smallest absolute Gasteiger partial charge is 0.184 e. The minimum absolute atomic E-state index is 0.00672. The van der Waals surface area contributed by atoms with Gasteiger partial charge in [-0.3, -0.25) is 14.4 Å². The Kier molecular flexibility index (Phi) is 10.1. The van der Waals surface area contributed by atoms with Crippen LogP contribution >= 0.6 is 0 Å². The molecule has 0 saturated heterocycles. The summed E-state index contributed by atoms with van der Waals surface area (Å²) in [5, 5.41) is 31.7. The third-order valence-corrected chi connectivity index (χ3v) is 10.2. The summed E-state index contributed by atoms with van der Waals surface area (Å²) in [6, 6.07) is 3.64. The molecule has 1 aromatic carbocycles. The monoisotopic (exact) mass is 602 g/mol. The van der Waals surface area contributed by atoms with Crippen molar-refractivity contribution in [1.29, 1.82) is 0 Å². The molecular formula is C38H50O6. The van der Waals surface area contributed by atoms with Gasteiger partial charge in [-0.15, -0.1) is 13.2 Å². The third-order valence-electron chi connectivity index (χ3n) is 10.2. The average molecular weight is 603 g/mol. The van der Waals surface area contributed by atoms with Crippen molar-refractivity contribution in [2.24, 2.45) is 28.1 Å². The van der Waals surface area contributed by atoms with Gasteiger partial charge in [0.25, 0.3) is 0 Å². The summed E-state index contributed by atoms with van der Waals surface area (Å²) in [5.41, 5.74) is -0.701. The Balaban J connectivity index is 2.43. The third kappa shape index (κ3) is 6.00. The molecule has 0 aromatic heterocycles. The number of Topliss-reactive ketones (excluding diaryl/α,β-unsaturated/α-hetero) is 3. The molecule has 0 unspecified atom stereocenters. The minimum atomic E-state index is -1.60. The number of phenols is 2. The van der Waals surface area contributed by atoms with Crippen LogP contribution in [0.1, 0.15) is 99.0 Å². The SMILES string of the molecule is C=C(C)CC[C@H]1C[C@]2(C[C@H](CC=C(C)C)C(=C)C)C(=O)/C(=C(/O)c3ccc(O)c(O)c3)C(=O)[C@@](CCC(=C)C)(C2=O)C1(C)C. The van der Waals surface area contributed by atoms with E-state index < -0.39 is 50.6 Å². The van der Waals surface area contributed by atoms with Crippen molar-refractivity contribution in [3.63, 3.8) is 0 Å². The molecule has 6 nitrogen and oxygen atoms in total. The fraction of sp³-hybridized carbons (Fsp3) is 0.500. The molecule has 1 aromatic rings. The largest absolute Gasteiger partial charge is 0.506 e. The van der Waals surface area contributed by atoms with Crippen LogP contribution < -0.4 is 0 Å². The maximum absolute atomic E-state index is 15.2. The minimum Gasteiger partial charge on any atom is -0.506 e. The Morgan fingerprint density at radius 1 is 0.955 bits per heavy atom. The quantitative estimate of drug-likeness (QED) is 0.0551. The average Bonchev–Trinajstić information content (AvgIpc) is 2.91. The van der Waals surface area contributed by atoms with Gasteiger partial charge in [0.2, 0.25) is 0 Å². The highest BCUT2D eigenvalue weighted by atomic mass is 16.3. The van der Waals surface area contributed by atoms with Gasteiger partial charge in [-0.25, -0.2) is 0 Å². The van der Waals surface area contributed by atoms with Gasteiger partial charge in [-0.2, -0.15) is 0 Å². The number of rotatable bonds is 12. The van der Waals surface area contributed by atoms with Crippen LogP contribution in [0.4, 0.5) is 0 Å². The number of carbonyl (C=O) groups excluding carboxylic acids is 3. The van der Waals surface area contributed by atoms with E-state index in [1.165, 1.54) is 12.1 Å². The topological polar surface area (TPSA) is 112 Å². The zero-order valence-electron chi connectivity index (χ0n) is 27.6. The number of hydrogen-bond acceptors (Lipinski definition) is 6. The molecule has 44 heavy (non-hydrogen) atoms. The zero-order valence-corrected chi connectivity index (χ0v) is 27.6. The van der Waals surface area contributed by atoms with Crippen LogP contribution in [-0.4, -0.2) is 32.7 Å². The van der Waals surface area contributed by atoms with Gasteiger partial charge in [0.15, 0.2) is 28.8 Å². The Hall–Kier alpha value is -3.67. The number of phenolic OH excluding ortho intramolecular Hbond substituents is 2. The van der Waals surface area contributed by atoms with E-state index in [4.69, 9.17) is 0 Å². The predicted molar refractivity (Wildman–Crippen MR) is 176 cm³/mol. The molecule has 2 fully saturated rings. The molecule has 3 rings (SSSR count). The summed E-state index contributed by atoms with van der Waals surface area (Å²) in [7, 11) is 0. The lowest BCUT2D eigenvalue weighted by Gasteiger charge is -2.61. The molecule has 0 spiro atoms. The first-order valence-corrected chi connectivity index (χ1v) is 15.5. The van der Waals surface area contributed by atoms with E-state index >= 15 is 4.79 Å². The molecule has 4 atom stereocenters. The van der Waals surface area contributed by atoms with Crippen LogP contribution in [0.25, 0.3) is 5.76 Å². The fourth-order valence-electron chi connectivity index (χ4n) is 7.36. The summed E-state index contributed by atoms with van der Waals surface area (Å²) in [6.45, 7) is 25.9. The number of ketones is 3. The maximum Gasteiger partial charge on any atom is 0.184 e. The second-order valence-corrected chi connectivity index (χ2v) is 14.2. The summed E-state index contributed by atoms with van der Waals surface area (Å²) in [6.07, 6.45) is 4.99. The number of carbonyl (C=O) groups is 3. The molecule has 2 aliphatic rings. The van der Waals surface area contributed by atoms with Gasteiger partial charge in [0, 0.05) is 5.56 Å². The highest BCUT2D eigenvalue weighted by molar-refractivity contribution is 6.41. The predicted octanol–water partition coefficient (Wildman–Crippen LogP) is 8.76. The van der Waals surface area contributed by atoms with Gasteiger partial charge in [-0.05, 0) is 115 Å². The second-order valence-electron chi connectivity index (χ2n) is 14.2. The Bertz CT molecular complexity index is 1470. The van der Waals surface area contributed by atoms with E-state index in [9.17, 15) is 24.9 Å². The van der Waals surface area contributed by atoms with Crippen LogP contribution in [0, 0.1) is 28.1 Å². The van der Waals surface area contributed by atoms with Gasteiger partial charge in [-0.1, -0.05) is 48.8 Å². The standard InChI is InChI=1S/C38H50O6/c1-22(2)11-13-27(25(7)8)20-37-21-28(15-12-23(3)4)36(9,10)38(35(37)44,18-17-24(5)6)34(43)31(33(37)42)32(41)26-14-16-29(39)30(40)19-26/h11,14,16,19,27-28,39-41H,3,5,7,12-13,15,17-18,20-21H2,1-2,4,6,8-10H3/b32-31-/t27-,28-,37+,38-/m0/s1. The van der Waals surface area contributed by atoms with Crippen LogP contribution in [-0.2, 0) is 14.4 Å². The van der Waals surface area contributed by atoms with E-state index in [1.54, 1.807) is 0 Å². The first-order chi connectivity index (χ1) is 20.3. The van der Waals surface area contributed by atoms with Crippen molar-refractivity contribution in [1.82, 2.24) is 0 Å². The van der Waals surface area contributed by atoms with Crippen molar-refractivity contribution < 1.29 is 29.7 Å². The van der Waals surface area contributed by atoms with E-state index in [-0.39, 0.29) is 42.4 Å². The Morgan fingerprint density at radius 2 is 1.57 bits per heavy atom. The number of allylic oxidation sites excluding steroid dienone is 6. The van der Waals surface area contributed by atoms with Crippen molar-refractivity contribution in [3.05, 3.63) is 77.4 Å². The molecule has 0 amide bonds. The molecule has 2 aliphatic carbocycles. The van der Waals surface area contributed by atoms with Crippen molar-refractivity contribution in [3.8, 4) is 11.5 Å². The van der Waals surface area contributed by atoms with Crippen LogP contribution in [0.15, 0.2) is 71.9 Å². The molecular weight excluding hydrogens is 552 g/mol. The molecule has 0 radical (unpaired) electrons. The van der Waals surface area contributed by atoms with E-state index in [2.05, 4.69) is 25.8 Å². The number of aromatic hydroxyl groups is 2. The number of aliphatic hydroxyl groups excluding tert-OH is 1. The van der Waals surface area contributed by atoms with Crippen LogP contribution in [0.3, 0.4) is 0 Å². The zero-order chi connectivity index (χ0) is 33.4. The van der Waals surface area contributed by atoms with Gasteiger partial charge >= 0.3 is 0 Å².